The van der Waals surface area contributed by atoms with Gasteiger partial charge in [0.15, 0.2) is 17.1 Å². The van der Waals surface area contributed by atoms with Crippen LogP contribution in [0.2, 0.25) is 0 Å². The molecule has 0 atom stereocenters. The molecule has 180 valence electrons. The van der Waals surface area contributed by atoms with Gasteiger partial charge >= 0.3 is 6.18 Å². The van der Waals surface area contributed by atoms with Gasteiger partial charge in [-0.1, -0.05) is 30.3 Å². The van der Waals surface area contributed by atoms with Gasteiger partial charge in [-0.15, -0.1) is 0 Å². The second-order valence-electron chi connectivity index (χ2n) is 8.35. The largest absolute Gasteiger partial charge is 0.433 e. The van der Waals surface area contributed by atoms with Crippen LogP contribution < -0.4 is 4.90 Å². The smallest absolute Gasteiger partial charge is 0.369 e. The van der Waals surface area contributed by atoms with Crippen LogP contribution in [0.3, 0.4) is 0 Å². The molecule has 2 aromatic heterocycles. The number of aromatic nitrogens is 3. The highest BCUT2D eigenvalue weighted by molar-refractivity contribution is 5.96. The van der Waals surface area contributed by atoms with Gasteiger partial charge < -0.3 is 4.90 Å². The first kappa shape index (κ1) is 23.0. The summed E-state index contributed by atoms with van der Waals surface area (Å²) >= 11 is 0. The second kappa shape index (κ2) is 9.10. The number of carbonyl (C=O) groups excluding carboxylic acids is 1. The molecule has 0 saturated carbocycles. The Hall–Kier alpha value is -3.79. The molecule has 0 unspecified atom stereocenters. The topological polar surface area (TPSA) is 53.7 Å². The Bertz CT molecular complexity index is 1340. The average molecular weight is 483 g/mol. The molecule has 0 bridgehead atoms. The summed E-state index contributed by atoms with van der Waals surface area (Å²) in [7, 11) is 0. The van der Waals surface area contributed by atoms with Crippen LogP contribution in [0.5, 0.6) is 0 Å². The molecule has 0 amide bonds. The van der Waals surface area contributed by atoms with E-state index in [2.05, 4.69) is 15.0 Å². The average Bonchev–Trinajstić information content (AvgIpc) is 3.29. The molecule has 6 nitrogen and oxygen atoms in total. The van der Waals surface area contributed by atoms with Crippen molar-refractivity contribution >= 4 is 17.1 Å². The van der Waals surface area contributed by atoms with Crippen molar-refractivity contribution in [2.75, 3.05) is 37.6 Å². The molecule has 1 aliphatic rings. The summed E-state index contributed by atoms with van der Waals surface area (Å²) in [5.41, 5.74) is 0.498. The van der Waals surface area contributed by atoms with Crippen LogP contribution in [0, 0.1) is 5.82 Å². The molecule has 2 aromatic carbocycles. The number of carbonyl (C=O) groups is 1. The zero-order valence-electron chi connectivity index (χ0n) is 18.5. The maximum Gasteiger partial charge on any atom is 0.433 e. The van der Waals surface area contributed by atoms with Crippen LogP contribution in [-0.2, 0) is 6.18 Å². The Morgan fingerprint density at radius 2 is 1.60 bits per heavy atom. The van der Waals surface area contributed by atoms with Gasteiger partial charge in [0.25, 0.3) is 0 Å². The fourth-order valence-corrected chi connectivity index (χ4v) is 4.17. The van der Waals surface area contributed by atoms with Gasteiger partial charge in [0.2, 0.25) is 0 Å². The van der Waals surface area contributed by atoms with E-state index in [0.717, 1.165) is 11.8 Å². The summed E-state index contributed by atoms with van der Waals surface area (Å²) in [4.78, 5) is 21.2. The quantitative estimate of drug-likeness (QED) is 0.308. The van der Waals surface area contributed by atoms with Crippen molar-refractivity contribution in [2.45, 2.75) is 6.18 Å². The lowest BCUT2D eigenvalue weighted by atomic mass is 10.1. The second-order valence-corrected chi connectivity index (χ2v) is 8.35. The third kappa shape index (κ3) is 4.88. The van der Waals surface area contributed by atoms with E-state index < -0.39 is 11.9 Å². The predicted octanol–water partition coefficient (Wildman–Crippen LogP) is 4.56. The zero-order chi connectivity index (χ0) is 24.6. The van der Waals surface area contributed by atoms with Gasteiger partial charge in [0.05, 0.1) is 12.2 Å². The van der Waals surface area contributed by atoms with Crippen molar-refractivity contribution in [3.63, 3.8) is 0 Å². The van der Waals surface area contributed by atoms with Crippen LogP contribution in [0.4, 0.5) is 23.2 Å². The number of alkyl halides is 3. The van der Waals surface area contributed by atoms with E-state index in [1.807, 2.05) is 4.90 Å². The molecule has 0 spiro atoms. The SMILES string of the molecule is O=C(CN1CCN(c2ccc(F)cc2)CC1)c1cc2nc(-c3ccccc3)cc(C(F)(F)F)n2n1. The Morgan fingerprint density at radius 3 is 2.26 bits per heavy atom. The van der Waals surface area contributed by atoms with Crippen LogP contribution >= 0.6 is 0 Å². The summed E-state index contributed by atoms with van der Waals surface area (Å²) in [6.07, 6.45) is -4.67. The summed E-state index contributed by atoms with van der Waals surface area (Å²) in [6, 6.07) is 17.0. The summed E-state index contributed by atoms with van der Waals surface area (Å²) in [6.45, 7) is 2.49. The summed E-state index contributed by atoms with van der Waals surface area (Å²) < 4.78 is 55.2. The van der Waals surface area contributed by atoms with Gasteiger partial charge in [0.1, 0.15) is 11.5 Å². The van der Waals surface area contributed by atoms with Crippen molar-refractivity contribution < 1.29 is 22.4 Å². The van der Waals surface area contributed by atoms with E-state index in [9.17, 15) is 22.4 Å². The van der Waals surface area contributed by atoms with Crippen LogP contribution in [0.15, 0.2) is 66.7 Å². The number of piperazine rings is 1. The molecule has 0 aliphatic carbocycles. The molecule has 4 aromatic rings. The van der Waals surface area contributed by atoms with Crippen molar-refractivity contribution in [3.8, 4) is 11.3 Å². The first-order valence-electron chi connectivity index (χ1n) is 11.1. The minimum absolute atomic E-state index is 0.0357. The number of Topliss-reactive ketones (excluding diaryl/α,β-unsaturated/α-hetero) is 1. The highest BCUT2D eigenvalue weighted by Gasteiger charge is 2.35. The van der Waals surface area contributed by atoms with E-state index in [1.165, 1.54) is 18.2 Å². The van der Waals surface area contributed by atoms with Gasteiger partial charge in [0, 0.05) is 43.5 Å². The molecule has 1 saturated heterocycles. The molecular formula is C25H21F4N5O. The molecule has 35 heavy (non-hydrogen) atoms. The Balaban J connectivity index is 1.34. The minimum atomic E-state index is -4.67. The predicted molar refractivity (Wildman–Crippen MR) is 123 cm³/mol. The van der Waals surface area contributed by atoms with Crippen molar-refractivity contribution in [1.29, 1.82) is 0 Å². The maximum absolute atomic E-state index is 13.8. The van der Waals surface area contributed by atoms with Crippen molar-refractivity contribution in [2.24, 2.45) is 0 Å². The standard InChI is InChI=1S/C25H21F4N5O/c26-18-6-8-19(9-7-18)33-12-10-32(11-13-33)16-22(35)21-15-24-30-20(17-4-2-1-3-5-17)14-23(25(27,28)29)34(24)31-21/h1-9,14-15H,10-13,16H2. The normalized spacial score (nSPS) is 15.0. The van der Waals surface area contributed by atoms with Gasteiger partial charge in [-0.3, -0.25) is 9.69 Å². The lowest BCUT2D eigenvalue weighted by Crippen LogP contribution is -2.48. The highest BCUT2D eigenvalue weighted by Crippen LogP contribution is 2.32. The Morgan fingerprint density at radius 1 is 0.914 bits per heavy atom. The van der Waals surface area contributed by atoms with Crippen molar-refractivity contribution in [3.05, 3.63) is 83.9 Å². The van der Waals surface area contributed by atoms with E-state index in [-0.39, 0.29) is 35.2 Å². The zero-order valence-corrected chi connectivity index (χ0v) is 18.5. The fraction of sp³-hybridized carbons (Fsp3) is 0.240. The van der Waals surface area contributed by atoms with Gasteiger partial charge in [-0.05, 0) is 30.3 Å². The number of anilines is 1. The van der Waals surface area contributed by atoms with E-state index >= 15 is 0 Å². The number of hydrogen-bond acceptors (Lipinski definition) is 5. The maximum atomic E-state index is 13.8. The number of hydrogen-bond donors (Lipinski definition) is 0. The number of nitrogens with zero attached hydrogens (tertiary/aromatic N) is 5. The monoisotopic (exact) mass is 483 g/mol. The molecule has 10 heteroatoms. The van der Waals surface area contributed by atoms with Crippen LogP contribution in [0.1, 0.15) is 16.2 Å². The van der Waals surface area contributed by atoms with E-state index in [1.54, 1.807) is 42.5 Å². The van der Waals surface area contributed by atoms with E-state index in [4.69, 9.17) is 0 Å². The molecule has 0 radical (unpaired) electrons. The number of halogens is 4. The summed E-state index contributed by atoms with van der Waals surface area (Å²) in [5.74, 6) is -0.676. The van der Waals surface area contributed by atoms with Gasteiger partial charge in [-0.2, -0.15) is 18.3 Å². The first-order chi connectivity index (χ1) is 16.8. The lowest BCUT2D eigenvalue weighted by Gasteiger charge is -2.35. The molecule has 1 aliphatic heterocycles. The molecule has 1 fully saturated rings. The Kier molecular flexibility index (Phi) is 5.98. The van der Waals surface area contributed by atoms with Crippen molar-refractivity contribution in [1.82, 2.24) is 19.5 Å². The fourth-order valence-electron chi connectivity index (χ4n) is 4.17. The van der Waals surface area contributed by atoms with Gasteiger partial charge in [-0.25, -0.2) is 13.9 Å². The number of ketones is 1. The third-order valence-corrected chi connectivity index (χ3v) is 6.00. The van der Waals surface area contributed by atoms with Crippen LogP contribution in [0.25, 0.3) is 16.9 Å². The molecular weight excluding hydrogens is 462 g/mol. The minimum Gasteiger partial charge on any atom is -0.369 e. The first-order valence-corrected chi connectivity index (χ1v) is 11.1. The molecule has 5 rings (SSSR count). The Labute approximate surface area is 198 Å². The summed E-state index contributed by atoms with van der Waals surface area (Å²) in [5, 5.41) is 3.96. The number of benzene rings is 2. The molecule has 0 N–H and O–H groups in total. The van der Waals surface area contributed by atoms with Crippen LogP contribution in [-0.4, -0.2) is 58.0 Å². The number of rotatable bonds is 5. The number of fused-ring (bicyclic) bond motifs is 1. The highest BCUT2D eigenvalue weighted by atomic mass is 19.4. The third-order valence-electron chi connectivity index (χ3n) is 6.00. The molecule has 3 heterocycles. The lowest BCUT2D eigenvalue weighted by molar-refractivity contribution is -0.142. The van der Waals surface area contributed by atoms with E-state index in [0.29, 0.717) is 36.3 Å².